The van der Waals surface area contributed by atoms with Gasteiger partial charge in [-0.3, -0.25) is 0 Å². The number of hydrogen-bond donors (Lipinski definition) is 1. The number of rotatable bonds is 3. The summed E-state index contributed by atoms with van der Waals surface area (Å²) in [5, 5.41) is 11.2. The molecule has 1 aromatic rings. The Kier molecular flexibility index (Phi) is 3.82. The third-order valence-electron chi connectivity index (χ3n) is 2.81. The fourth-order valence-corrected chi connectivity index (χ4v) is 2.30. The number of hydrogen-bond acceptors (Lipinski definition) is 2. The Morgan fingerprint density at radius 2 is 2.39 bits per heavy atom. The molecule has 1 unspecified atom stereocenters. The van der Waals surface area contributed by atoms with Crippen LogP contribution in [0.1, 0.15) is 18.0 Å². The average Bonchev–Trinajstić information content (AvgIpc) is 2.71. The highest BCUT2D eigenvalue weighted by Gasteiger charge is 2.30. The van der Waals surface area contributed by atoms with Gasteiger partial charge in [0.05, 0.1) is 18.5 Å². The molecule has 1 aromatic carbocycles. The van der Waals surface area contributed by atoms with Crippen LogP contribution in [0.2, 0.25) is 0 Å². The first-order chi connectivity index (χ1) is 8.61. The van der Waals surface area contributed by atoms with E-state index in [1.165, 1.54) is 11.0 Å². The average molecular weight is 312 g/mol. The van der Waals surface area contributed by atoms with E-state index in [0.29, 0.717) is 18.7 Å². The second kappa shape index (κ2) is 5.36. The molecule has 1 aliphatic rings. The minimum atomic E-state index is -0.367. The summed E-state index contributed by atoms with van der Waals surface area (Å²) in [6.07, 6.45) is 0.279. The number of amides is 2. The van der Waals surface area contributed by atoms with Crippen molar-refractivity contribution in [2.75, 3.05) is 13.1 Å². The second-order valence-corrected chi connectivity index (χ2v) is 4.94. The molecule has 6 heteroatoms. The second-order valence-electron chi connectivity index (χ2n) is 4.02. The Bertz CT molecular complexity index is 515. The lowest BCUT2D eigenvalue weighted by Gasteiger charge is -2.13. The highest BCUT2D eigenvalue weighted by atomic mass is 79.9. The highest BCUT2D eigenvalue weighted by molar-refractivity contribution is 9.10. The van der Waals surface area contributed by atoms with Crippen molar-refractivity contribution < 1.29 is 9.18 Å². The molecule has 18 heavy (non-hydrogen) atoms. The minimum Gasteiger partial charge on any atom is -0.329 e. The lowest BCUT2D eigenvalue weighted by atomic mass is 10.1. The van der Waals surface area contributed by atoms with E-state index in [-0.39, 0.29) is 24.3 Å². The van der Waals surface area contributed by atoms with Crippen LogP contribution in [0.25, 0.3) is 0 Å². The Morgan fingerprint density at radius 1 is 1.61 bits per heavy atom. The lowest BCUT2D eigenvalue weighted by Crippen LogP contribution is -2.28. The molecule has 0 radical (unpaired) electrons. The molecule has 1 saturated heterocycles. The first-order valence-electron chi connectivity index (χ1n) is 5.49. The van der Waals surface area contributed by atoms with Crippen molar-refractivity contribution >= 4 is 22.0 Å². The van der Waals surface area contributed by atoms with Gasteiger partial charge in [0.1, 0.15) is 5.82 Å². The molecule has 0 bridgehead atoms. The van der Waals surface area contributed by atoms with Crippen LogP contribution in [0, 0.1) is 17.1 Å². The fourth-order valence-electron chi connectivity index (χ4n) is 1.92. The maximum Gasteiger partial charge on any atom is 0.318 e. The third kappa shape index (κ3) is 2.62. The van der Waals surface area contributed by atoms with Crippen molar-refractivity contribution in [1.29, 1.82) is 5.26 Å². The van der Waals surface area contributed by atoms with E-state index in [4.69, 9.17) is 5.26 Å². The monoisotopic (exact) mass is 311 g/mol. The molecule has 1 aliphatic heterocycles. The van der Waals surface area contributed by atoms with Crippen LogP contribution in [0.15, 0.2) is 22.7 Å². The van der Waals surface area contributed by atoms with Crippen LogP contribution in [0.5, 0.6) is 0 Å². The third-order valence-corrected chi connectivity index (χ3v) is 3.31. The maximum atomic E-state index is 13.7. The van der Waals surface area contributed by atoms with E-state index in [1.54, 1.807) is 12.1 Å². The van der Waals surface area contributed by atoms with Crippen LogP contribution < -0.4 is 5.32 Å². The first-order valence-corrected chi connectivity index (χ1v) is 6.28. The van der Waals surface area contributed by atoms with Gasteiger partial charge >= 0.3 is 6.03 Å². The number of nitrogens with one attached hydrogen (secondary N) is 1. The van der Waals surface area contributed by atoms with E-state index < -0.39 is 0 Å². The van der Waals surface area contributed by atoms with Crippen molar-refractivity contribution in [3.8, 4) is 6.07 Å². The van der Waals surface area contributed by atoms with Gasteiger partial charge in [0.25, 0.3) is 0 Å². The predicted octanol–water partition coefficient (Wildman–Crippen LogP) is 2.57. The normalized spacial score (nSPS) is 18.6. The van der Waals surface area contributed by atoms with Crippen molar-refractivity contribution in [2.24, 2.45) is 0 Å². The Morgan fingerprint density at radius 3 is 3.11 bits per heavy atom. The molecule has 94 valence electrons. The first kappa shape index (κ1) is 12.8. The van der Waals surface area contributed by atoms with Gasteiger partial charge in [0.15, 0.2) is 0 Å². The van der Waals surface area contributed by atoms with Gasteiger partial charge in [0, 0.05) is 23.1 Å². The van der Waals surface area contributed by atoms with E-state index in [2.05, 4.69) is 21.2 Å². The van der Waals surface area contributed by atoms with Crippen LogP contribution in [0.4, 0.5) is 9.18 Å². The van der Waals surface area contributed by atoms with Crippen molar-refractivity contribution in [3.63, 3.8) is 0 Å². The Labute approximate surface area is 113 Å². The molecular weight excluding hydrogens is 301 g/mol. The van der Waals surface area contributed by atoms with Gasteiger partial charge in [-0.05, 0) is 18.2 Å². The number of urea groups is 1. The van der Waals surface area contributed by atoms with Gasteiger partial charge in [0.2, 0.25) is 0 Å². The molecule has 1 fully saturated rings. The Balaban J connectivity index is 2.14. The number of nitrogens with zero attached hydrogens (tertiary/aromatic N) is 2. The van der Waals surface area contributed by atoms with E-state index >= 15 is 0 Å². The lowest BCUT2D eigenvalue weighted by molar-refractivity contribution is 0.218. The summed E-state index contributed by atoms with van der Waals surface area (Å²) in [7, 11) is 0. The van der Waals surface area contributed by atoms with E-state index in [0.717, 1.165) is 4.47 Å². The SMILES string of the molecule is N#CCCN1CC(c2cc(Br)ccc2F)NC1=O. The Hall–Kier alpha value is -1.61. The molecule has 0 aromatic heterocycles. The zero-order chi connectivity index (χ0) is 13.1. The number of nitriles is 1. The summed E-state index contributed by atoms with van der Waals surface area (Å²) >= 11 is 3.28. The summed E-state index contributed by atoms with van der Waals surface area (Å²) < 4.78 is 14.5. The van der Waals surface area contributed by atoms with E-state index in [9.17, 15) is 9.18 Å². The number of benzene rings is 1. The molecule has 0 saturated carbocycles. The minimum absolute atomic E-state index is 0.255. The smallest absolute Gasteiger partial charge is 0.318 e. The zero-order valence-corrected chi connectivity index (χ0v) is 11.1. The quantitative estimate of drug-likeness (QED) is 0.932. The van der Waals surface area contributed by atoms with E-state index in [1.807, 2.05) is 6.07 Å². The molecule has 0 spiro atoms. The molecule has 2 amide bonds. The van der Waals surface area contributed by atoms with Gasteiger partial charge in [-0.2, -0.15) is 5.26 Å². The standard InChI is InChI=1S/C12H11BrFN3O/c13-8-2-3-10(14)9(6-8)11-7-17(5-1-4-15)12(18)16-11/h2-3,6,11H,1,5,7H2,(H,16,18). The van der Waals surface area contributed by atoms with Crippen LogP contribution in [0.3, 0.4) is 0 Å². The molecule has 2 rings (SSSR count). The highest BCUT2D eigenvalue weighted by Crippen LogP contribution is 2.25. The largest absolute Gasteiger partial charge is 0.329 e. The van der Waals surface area contributed by atoms with Gasteiger partial charge in [-0.1, -0.05) is 15.9 Å². The molecule has 1 heterocycles. The molecule has 1 atom stereocenters. The number of carbonyl (C=O) groups excluding carboxylic acids is 1. The summed E-state index contributed by atoms with van der Waals surface area (Å²) in [6.45, 7) is 0.752. The van der Waals surface area contributed by atoms with Crippen LogP contribution in [-0.2, 0) is 0 Å². The summed E-state index contributed by atoms with van der Waals surface area (Å²) in [5.41, 5.74) is 0.456. The molecular formula is C12H11BrFN3O. The molecule has 4 nitrogen and oxygen atoms in total. The topological polar surface area (TPSA) is 56.1 Å². The number of carbonyl (C=O) groups is 1. The van der Waals surface area contributed by atoms with Gasteiger partial charge in [-0.25, -0.2) is 9.18 Å². The van der Waals surface area contributed by atoms with Crippen molar-refractivity contribution in [2.45, 2.75) is 12.5 Å². The zero-order valence-electron chi connectivity index (χ0n) is 9.49. The van der Waals surface area contributed by atoms with Gasteiger partial charge in [-0.15, -0.1) is 0 Å². The maximum absolute atomic E-state index is 13.7. The van der Waals surface area contributed by atoms with Crippen molar-refractivity contribution in [1.82, 2.24) is 10.2 Å². The van der Waals surface area contributed by atoms with Crippen LogP contribution in [-0.4, -0.2) is 24.0 Å². The predicted molar refractivity (Wildman–Crippen MR) is 67.2 cm³/mol. The summed E-state index contributed by atoms with van der Waals surface area (Å²) in [6, 6.07) is 6.00. The van der Waals surface area contributed by atoms with Crippen molar-refractivity contribution in [3.05, 3.63) is 34.1 Å². The molecule has 0 aliphatic carbocycles. The fraction of sp³-hybridized carbons (Fsp3) is 0.333. The summed E-state index contributed by atoms with van der Waals surface area (Å²) in [5.74, 6) is -0.342. The van der Waals surface area contributed by atoms with Crippen LogP contribution >= 0.6 is 15.9 Å². The van der Waals surface area contributed by atoms with Gasteiger partial charge < -0.3 is 10.2 Å². The number of halogens is 2. The molecule has 1 N–H and O–H groups in total. The summed E-state index contributed by atoms with van der Waals surface area (Å²) in [4.78, 5) is 13.2.